The van der Waals surface area contributed by atoms with Crippen LogP contribution in [0.1, 0.15) is 22.7 Å². The number of hydrogen-bond donors (Lipinski definition) is 1. The lowest BCUT2D eigenvalue weighted by atomic mass is 9.96. The van der Waals surface area contributed by atoms with Crippen LogP contribution in [0, 0.1) is 30.2 Å². The van der Waals surface area contributed by atoms with Crippen LogP contribution in [0.2, 0.25) is 0 Å². The average molecular weight is 283 g/mol. The van der Waals surface area contributed by atoms with Crippen molar-refractivity contribution in [2.75, 3.05) is 0 Å². The molecule has 0 saturated carbocycles. The first-order valence-corrected chi connectivity index (χ1v) is 6.04. The maximum absolute atomic E-state index is 13.6. The van der Waals surface area contributed by atoms with Gasteiger partial charge in [-0.2, -0.15) is 0 Å². The molecule has 20 heavy (non-hydrogen) atoms. The van der Waals surface area contributed by atoms with Crippen molar-refractivity contribution in [3.63, 3.8) is 0 Å². The molecule has 0 saturated heterocycles. The molecule has 0 fully saturated rings. The second kappa shape index (κ2) is 5.63. The number of halogens is 4. The fourth-order valence-electron chi connectivity index (χ4n) is 2.03. The molecule has 5 heteroatoms. The van der Waals surface area contributed by atoms with Crippen molar-refractivity contribution in [1.82, 2.24) is 0 Å². The minimum atomic E-state index is -1.55. The Hall–Kier alpha value is -1.88. The Bertz CT molecular complexity index is 640. The number of hydrogen-bond acceptors (Lipinski definition) is 1. The van der Waals surface area contributed by atoms with Crippen LogP contribution in [0.3, 0.4) is 0 Å². The molecule has 0 spiro atoms. The highest BCUT2D eigenvalue weighted by molar-refractivity contribution is 5.30. The zero-order chi connectivity index (χ0) is 14.9. The number of rotatable bonds is 3. The van der Waals surface area contributed by atoms with Crippen molar-refractivity contribution in [2.24, 2.45) is 5.73 Å². The molecule has 0 amide bonds. The smallest absolute Gasteiger partial charge is 0.194 e. The molecule has 2 N–H and O–H groups in total. The van der Waals surface area contributed by atoms with Gasteiger partial charge in [0.1, 0.15) is 5.82 Å². The predicted molar refractivity (Wildman–Crippen MR) is 68.1 cm³/mol. The summed E-state index contributed by atoms with van der Waals surface area (Å²) in [4.78, 5) is 0. The summed E-state index contributed by atoms with van der Waals surface area (Å²) in [6.07, 6.45) is 0.131. The third-order valence-corrected chi connectivity index (χ3v) is 3.22. The van der Waals surface area contributed by atoms with Crippen LogP contribution in [-0.2, 0) is 6.42 Å². The molecule has 0 aromatic heterocycles. The Kier molecular flexibility index (Phi) is 4.09. The van der Waals surface area contributed by atoms with Gasteiger partial charge in [-0.25, -0.2) is 17.6 Å². The van der Waals surface area contributed by atoms with E-state index in [0.29, 0.717) is 5.56 Å². The molecule has 0 aliphatic carbocycles. The van der Waals surface area contributed by atoms with Crippen molar-refractivity contribution in [3.05, 3.63) is 70.3 Å². The largest absolute Gasteiger partial charge is 0.324 e. The van der Waals surface area contributed by atoms with Crippen molar-refractivity contribution >= 4 is 0 Å². The van der Waals surface area contributed by atoms with E-state index in [9.17, 15) is 17.6 Å². The molecular formula is C15H13F4N. The summed E-state index contributed by atoms with van der Waals surface area (Å²) in [5.74, 6) is -4.54. The van der Waals surface area contributed by atoms with Gasteiger partial charge in [0, 0.05) is 11.6 Å². The van der Waals surface area contributed by atoms with Crippen LogP contribution in [0.25, 0.3) is 0 Å². The fourth-order valence-corrected chi connectivity index (χ4v) is 2.03. The molecular weight excluding hydrogens is 270 g/mol. The van der Waals surface area contributed by atoms with Gasteiger partial charge in [-0.05, 0) is 42.7 Å². The Balaban J connectivity index is 2.31. The van der Waals surface area contributed by atoms with Crippen molar-refractivity contribution in [3.8, 4) is 0 Å². The summed E-state index contributed by atoms with van der Waals surface area (Å²) in [7, 11) is 0. The fraction of sp³-hybridized carbons (Fsp3) is 0.200. The van der Waals surface area contributed by atoms with Crippen LogP contribution in [-0.4, -0.2) is 0 Å². The highest BCUT2D eigenvalue weighted by Gasteiger charge is 2.19. The van der Waals surface area contributed by atoms with Gasteiger partial charge in [0.2, 0.25) is 0 Å². The minimum absolute atomic E-state index is 0.131. The van der Waals surface area contributed by atoms with E-state index < -0.39 is 29.3 Å². The van der Waals surface area contributed by atoms with Gasteiger partial charge in [0.15, 0.2) is 17.5 Å². The first-order valence-electron chi connectivity index (χ1n) is 6.04. The molecule has 2 rings (SSSR count). The molecule has 0 heterocycles. The van der Waals surface area contributed by atoms with Gasteiger partial charge >= 0.3 is 0 Å². The molecule has 0 radical (unpaired) electrons. The molecule has 1 unspecified atom stereocenters. The molecule has 0 aliphatic rings. The van der Waals surface area contributed by atoms with E-state index in [4.69, 9.17) is 5.73 Å². The first kappa shape index (κ1) is 14.5. The maximum Gasteiger partial charge on any atom is 0.194 e. The topological polar surface area (TPSA) is 26.0 Å². The van der Waals surface area contributed by atoms with E-state index in [1.165, 1.54) is 12.1 Å². The summed E-state index contributed by atoms with van der Waals surface area (Å²) >= 11 is 0. The SMILES string of the molecule is Cc1ccc(F)cc1CC(N)c1ccc(F)c(F)c1F. The monoisotopic (exact) mass is 283 g/mol. The van der Waals surface area contributed by atoms with Crippen LogP contribution in [0.15, 0.2) is 30.3 Å². The van der Waals surface area contributed by atoms with E-state index in [-0.39, 0.29) is 12.0 Å². The van der Waals surface area contributed by atoms with E-state index >= 15 is 0 Å². The van der Waals surface area contributed by atoms with Gasteiger partial charge in [-0.3, -0.25) is 0 Å². The predicted octanol–water partition coefficient (Wildman–Crippen LogP) is 3.79. The molecule has 0 aliphatic heterocycles. The van der Waals surface area contributed by atoms with Gasteiger partial charge < -0.3 is 5.73 Å². The Morgan fingerprint density at radius 3 is 2.40 bits per heavy atom. The van der Waals surface area contributed by atoms with E-state index in [1.54, 1.807) is 13.0 Å². The first-order chi connectivity index (χ1) is 9.40. The Morgan fingerprint density at radius 2 is 1.70 bits per heavy atom. The second-order valence-electron chi connectivity index (χ2n) is 4.65. The van der Waals surface area contributed by atoms with Crippen LogP contribution in [0.5, 0.6) is 0 Å². The van der Waals surface area contributed by atoms with E-state index in [2.05, 4.69) is 0 Å². The molecule has 1 atom stereocenters. The minimum Gasteiger partial charge on any atom is -0.324 e. The van der Waals surface area contributed by atoms with E-state index in [1.807, 2.05) is 0 Å². The zero-order valence-electron chi connectivity index (χ0n) is 10.8. The highest BCUT2D eigenvalue weighted by atomic mass is 19.2. The number of nitrogens with two attached hydrogens (primary N) is 1. The Labute approximate surface area is 114 Å². The zero-order valence-corrected chi connectivity index (χ0v) is 10.8. The number of aryl methyl sites for hydroxylation is 1. The van der Waals surface area contributed by atoms with Gasteiger partial charge in [0.25, 0.3) is 0 Å². The van der Waals surface area contributed by atoms with Crippen molar-refractivity contribution in [1.29, 1.82) is 0 Å². The molecule has 106 valence electrons. The van der Waals surface area contributed by atoms with Crippen LogP contribution >= 0.6 is 0 Å². The third kappa shape index (κ3) is 2.82. The molecule has 2 aromatic carbocycles. The number of benzene rings is 2. The Morgan fingerprint density at radius 1 is 1.00 bits per heavy atom. The van der Waals surface area contributed by atoms with Crippen molar-refractivity contribution < 1.29 is 17.6 Å². The average Bonchev–Trinajstić information content (AvgIpc) is 2.40. The normalized spacial score (nSPS) is 12.5. The molecule has 2 aromatic rings. The molecule has 1 nitrogen and oxygen atoms in total. The summed E-state index contributed by atoms with van der Waals surface area (Å²) < 4.78 is 52.8. The molecule has 0 bridgehead atoms. The lowest BCUT2D eigenvalue weighted by molar-refractivity contribution is 0.435. The quantitative estimate of drug-likeness (QED) is 0.673. The van der Waals surface area contributed by atoms with Gasteiger partial charge in [0.05, 0.1) is 0 Å². The third-order valence-electron chi connectivity index (χ3n) is 3.22. The lowest BCUT2D eigenvalue weighted by Crippen LogP contribution is -2.17. The lowest BCUT2D eigenvalue weighted by Gasteiger charge is -2.15. The summed E-state index contributed by atoms with van der Waals surface area (Å²) in [6, 6.07) is 5.23. The van der Waals surface area contributed by atoms with Crippen LogP contribution < -0.4 is 5.73 Å². The standard InChI is InChI=1S/C15H13F4N/c1-8-2-3-10(16)6-9(8)7-13(20)11-4-5-12(17)15(19)14(11)18/h2-6,13H,7,20H2,1H3. The maximum atomic E-state index is 13.6. The summed E-state index contributed by atoms with van der Waals surface area (Å²) in [5.41, 5.74) is 7.08. The second-order valence-corrected chi connectivity index (χ2v) is 4.65. The summed E-state index contributed by atoms with van der Waals surface area (Å²) in [5, 5.41) is 0. The van der Waals surface area contributed by atoms with Gasteiger partial charge in [-0.1, -0.05) is 12.1 Å². The van der Waals surface area contributed by atoms with Crippen LogP contribution in [0.4, 0.5) is 17.6 Å². The van der Waals surface area contributed by atoms with Gasteiger partial charge in [-0.15, -0.1) is 0 Å². The van der Waals surface area contributed by atoms with Crippen molar-refractivity contribution in [2.45, 2.75) is 19.4 Å². The van der Waals surface area contributed by atoms with E-state index in [0.717, 1.165) is 17.7 Å². The summed E-state index contributed by atoms with van der Waals surface area (Å²) in [6.45, 7) is 1.77. The highest BCUT2D eigenvalue weighted by Crippen LogP contribution is 2.24.